The maximum Gasteiger partial charge on any atom is 0.308 e. The zero-order valence-corrected chi connectivity index (χ0v) is 19.8. The molecule has 1 heterocycles. The smallest absolute Gasteiger partial charge is 0.308 e. The number of nitrogens with zero attached hydrogens (tertiary/aromatic N) is 1. The molecule has 1 aliphatic heterocycles. The Kier molecular flexibility index (Phi) is 13.9. The van der Waals surface area contributed by atoms with Crippen molar-refractivity contribution in [3.63, 3.8) is 0 Å². The Balaban J connectivity index is -0.000000314. The average Bonchev–Trinajstić information content (AvgIpc) is 2.72. The number of rotatable bonds is 2. The van der Waals surface area contributed by atoms with Crippen LogP contribution in [0.15, 0.2) is 0 Å². The van der Waals surface area contributed by atoms with Gasteiger partial charge in [-0.1, -0.05) is 34.6 Å². The molecule has 2 unspecified atom stereocenters. The molecule has 1 aliphatic rings. The molecule has 0 saturated carbocycles. The van der Waals surface area contributed by atoms with Crippen LogP contribution in [0, 0.1) is 22.7 Å². The van der Waals surface area contributed by atoms with E-state index in [0.29, 0.717) is 0 Å². The summed E-state index contributed by atoms with van der Waals surface area (Å²) in [7, 11) is 4.72. The first-order valence-electron chi connectivity index (χ1n) is 9.54. The molecular formula is C21H44ClNO3. The number of hydrogen-bond donors (Lipinski definition) is 1. The third-order valence-electron chi connectivity index (χ3n) is 4.87. The first-order valence-corrected chi connectivity index (χ1v) is 9.54. The maximum atomic E-state index is 10.5. The fourth-order valence-electron chi connectivity index (χ4n) is 2.57. The van der Waals surface area contributed by atoms with Gasteiger partial charge in [-0.05, 0) is 40.5 Å². The number of likely N-dealkylation sites (tertiary alicyclic amines) is 1. The predicted molar refractivity (Wildman–Crippen MR) is 107 cm³/mol. The highest BCUT2D eigenvalue weighted by molar-refractivity contribution is 5.80. The minimum absolute atomic E-state index is 0. The van der Waals surface area contributed by atoms with Gasteiger partial charge >= 0.3 is 5.97 Å². The quantitative estimate of drug-likeness (QED) is 0.728. The van der Waals surface area contributed by atoms with Gasteiger partial charge in [0.1, 0.15) is 5.78 Å². The molecule has 0 amide bonds. The average molecular weight is 394 g/mol. The van der Waals surface area contributed by atoms with Gasteiger partial charge in [0.25, 0.3) is 0 Å². The van der Waals surface area contributed by atoms with Crippen LogP contribution in [0.1, 0.15) is 75.2 Å². The topological polar surface area (TPSA) is 54.4 Å². The van der Waals surface area contributed by atoms with Crippen molar-refractivity contribution in [3.05, 3.63) is 0 Å². The van der Waals surface area contributed by atoms with E-state index in [-0.39, 0.29) is 23.6 Å². The summed E-state index contributed by atoms with van der Waals surface area (Å²) in [5.74, 6) is 1.48. The third kappa shape index (κ3) is 13.6. The largest absolute Gasteiger partial charge is 1.00 e. The lowest BCUT2D eigenvalue weighted by molar-refractivity contribution is -0.880. The number of aliphatic carboxylic acids is 1. The molecule has 0 spiro atoms. The first kappa shape index (κ1) is 30.1. The van der Waals surface area contributed by atoms with Gasteiger partial charge in [0.15, 0.2) is 0 Å². The van der Waals surface area contributed by atoms with Gasteiger partial charge in [-0.15, -0.1) is 0 Å². The van der Waals surface area contributed by atoms with E-state index in [4.69, 9.17) is 5.11 Å². The number of ketones is 1. The van der Waals surface area contributed by atoms with E-state index in [9.17, 15) is 9.59 Å². The van der Waals surface area contributed by atoms with Gasteiger partial charge in [-0.2, -0.15) is 0 Å². The van der Waals surface area contributed by atoms with E-state index >= 15 is 0 Å². The van der Waals surface area contributed by atoms with E-state index in [1.165, 1.54) is 30.4 Å². The minimum Gasteiger partial charge on any atom is -1.00 e. The van der Waals surface area contributed by atoms with Crippen LogP contribution >= 0.6 is 0 Å². The van der Waals surface area contributed by atoms with Crippen molar-refractivity contribution in [1.29, 1.82) is 0 Å². The van der Waals surface area contributed by atoms with Crippen molar-refractivity contribution in [1.82, 2.24) is 0 Å². The molecule has 26 heavy (non-hydrogen) atoms. The van der Waals surface area contributed by atoms with E-state index in [1.54, 1.807) is 27.7 Å². The predicted octanol–water partition coefficient (Wildman–Crippen LogP) is 1.87. The van der Waals surface area contributed by atoms with Crippen LogP contribution in [-0.4, -0.2) is 48.5 Å². The summed E-state index contributed by atoms with van der Waals surface area (Å²) >= 11 is 0. The third-order valence-corrected chi connectivity index (χ3v) is 4.87. The Bertz CT molecular complexity index is 382. The fourth-order valence-corrected chi connectivity index (χ4v) is 2.57. The second-order valence-corrected chi connectivity index (χ2v) is 10.00. The lowest BCUT2D eigenvalue weighted by atomic mass is 9.92. The number of hydrogen-bond acceptors (Lipinski definition) is 2. The molecule has 2 atom stereocenters. The molecule has 0 bridgehead atoms. The highest BCUT2D eigenvalue weighted by atomic mass is 35.5. The van der Waals surface area contributed by atoms with E-state index in [1.807, 2.05) is 20.8 Å². The molecule has 0 aliphatic carbocycles. The van der Waals surface area contributed by atoms with E-state index in [2.05, 4.69) is 27.9 Å². The van der Waals surface area contributed by atoms with Crippen LogP contribution in [0.3, 0.4) is 0 Å². The first-order chi connectivity index (χ1) is 11.0. The van der Waals surface area contributed by atoms with E-state index in [0.717, 1.165) is 11.8 Å². The van der Waals surface area contributed by atoms with Crippen molar-refractivity contribution in [2.45, 2.75) is 75.2 Å². The molecular weight excluding hydrogens is 350 g/mol. The van der Waals surface area contributed by atoms with Gasteiger partial charge in [-0.25, -0.2) is 0 Å². The van der Waals surface area contributed by atoms with Crippen LogP contribution in [0.25, 0.3) is 0 Å². The Hall–Kier alpha value is -0.610. The summed E-state index contributed by atoms with van der Waals surface area (Å²) < 4.78 is 1.25. The van der Waals surface area contributed by atoms with Gasteiger partial charge in [0.05, 0.1) is 32.6 Å². The monoisotopic (exact) mass is 393 g/mol. The number of carboxylic acids is 1. The number of Topliss-reactive ketones (excluding diaryl/α,β-unsaturated/α-hetero) is 1. The Morgan fingerprint density at radius 3 is 1.23 bits per heavy atom. The van der Waals surface area contributed by atoms with Gasteiger partial charge in [0, 0.05) is 17.3 Å². The molecule has 1 rings (SSSR count). The Morgan fingerprint density at radius 1 is 0.885 bits per heavy atom. The van der Waals surface area contributed by atoms with Gasteiger partial charge < -0.3 is 22.0 Å². The molecule has 0 radical (unpaired) electrons. The zero-order chi connectivity index (χ0) is 20.6. The molecule has 1 saturated heterocycles. The minimum atomic E-state index is -0.757. The van der Waals surface area contributed by atoms with Gasteiger partial charge in [-0.3, -0.25) is 9.59 Å². The fraction of sp³-hybridized carbons (Fsp3) is 0.905. The molecule has 0 aromatic heterocycles. The molecule has 0 aromatic carbocycles. The lowest BCUT2D eigenvalue weighted by Crippen LogP contribution is -3.00. The van der Waals surface area contributed by atoms with Crippen molar-refractivity contribution in [3.8, 4) is 0 Å². The van der Waals surface area contributed by atoms with Crippen LogP contribution in [0.4, 0.5) is 0 Å². The normalized spacial score (nSPS) is 21.3. The molecule has 0 aromatic rings. The zero-order valence-electron chi connectivity index (χ0n) is 19.1. The van der Waals surface area contributed by atoms with Crippen molar-refractivity contribution in [2.24, 2.45) is 22.7 Å². The molecule has 5 heteroatoms. The second kappa shape index (κ2) is 12.0. The lowest BCUT2D eigenvalue weighted by Gasteiger charge is -2.23. The highest BCUT2D eigenvalue weighted by Crippen LogP contribution is 2.31. The Morgan fingerprint density at radius 2 is 1.12 bits per heavy atom. The van der Waals surface area contributed by atoms with Crippen LogP contribution in [0.5, 0.6) is 0 Å². The summed E-state index contributed by atoms with van der Waals surface area (Å²) in [6, 6.07) is 0. The number of carboxylic acid groups (broad SMARTS) is 1. The van der Waals surface area contributed by atoms with Crippen LogP contribution in [-0.2, 0) is 9.59 Å². The van der Waals surface area contributed by atoms with Crippen LogP contribution < -0.4 is 12.4 Å². The van der Waals surface area contributed by atoms with E-state index < -0.39 is 11.4 Å². The van der Waals surface area contributed by atoms with Crippen molar-refractivity contribution < 1.29 is 31.6 Å². The molecule has 158 valence electrons. The molecule has 1 N–H and O–H groups in total. The van der Waals surface area contributed by atoms with Crippen molar-refractivity contribution in [2.75, 3.05) is 27.2 Å². The number of carbonyl (C=O) groups is 2. The highest BCUT2D eigenvalue weighted by Gasteiger charge is 2.37. The SMILES string of the molecule is CC(=O)C(C)(C)C.CC(C)(C)C(=O)O.CCC1C[N+](C)(C)CC1CC.[Cl-]. The second-order valence-electron chi connectivity index (χ2n) is 10.00. The maximum absolute atomic E-state index is 10.5. The summed E-state index contributed by atoms with van der Waals surface area (Å²) in [6.07, 6.45) is 2.75. The molecule has 4 nitrogen and oxygen atoms in total. The van der Waals surface area contributed by atoms with Crippen molar-refractivity contribution >= 4 is 11.8 Å². The number of quaternary nitrogens is 1. The molecule has 1 fully saturated rings. The number of halogens is 1. The summed E-state index contributed by atoms with van der Waals surface area (Å²) in [4.78, 5) is 20.5. The Labute approximate surface area is 168 Å². The summed E-state index contributed by atoms with van der Waals surface area (Å²) in [6.45, 7) is 19.8. The van der Waals surface area contributed by atoms with Crippen LogP contribution in [0.2, 0.25) is 0 Å². The summed E-state index contributed by atoms with van der Waals surface area (Å²) in [5.41, 5.74) is -0.722. The summed E-state index contributed by atoms with van der Waals surface area (Å²) in [5, 5.41) is 8.25. The number of carbonyl (C=O) groups excluding carboxylic acids is 1. The van der Waals surface area contributed by atoms with Gasteiger partial charge in [0.2, 0.25) is 0 Å². The standard InChI is InChI=1S/C10H22N.C6H12O.C5H10O2.ClH/c1-5-9-7-11(3,4)8-10(9)6-2;1-5(7)6(2,3)4;1-5(2,3)4(6)7;/h9-10H,5-8H2,1-4H3;1-4H3;1-3H3,(H,6,7);1H/q+1;;;/p-1.